The van der Waals surface area contributed by atoms with E-state index in [1.54, 1.807) is 36.1 Å². The standard InChI is InChI=1S/C17H19N5O2/c1-21(10-12-8-19-22(2)11-12)17(23)15-9-18-20-16(15)13-4-6-14(24-3)7-5-13/h4-9,11H,10H2,1-3H3,(H,18,20). The number of methoxy groups -OCH3 is 1. The Kier molecular flexibility index (Phi) is 4.33. The molecule has 124 valence electrons. The molecule has 0 aliphatic heterocycles. The maximum Gasteiger partial charge on any atom is 0.257 e. The van der Waals surface area contributed by atoms with Gasteiger partial charge in [0.15, 0.2) is 0 Å². The summed E-state index contributed by atoms with van der Waals surface area (Å²) in [5.41, 5.74) is 3.08. The molecule has 2 aromatic heterocycles. The lowest BCUT2D eigenvalue weighted by atomic mass is 10.1. The number of ether oxygens (including phenoxy) is 1. The van der Waals surface area contributed by atoms with E-state index in [-0.39, 0.29) is 5.91 Å². The fourth-order valence-corrected chi connectivity index (χ4v) is 2.53. The van der Waals surface area contributed by atoms with Crippen molar-refractivity contribution in [3.05, 3.63) is 54.0 Å². The third kappa shape index (κ3) is 3.15. The summed E-state index contributed by atoms with van der Waals surface area (Å²) in [6.07, 6.45) is 5.20. The quantitative estimate of drug-likeness (QED) is 0.779. The molecule has 1 aromatic carbocycles. The highest BCUT2D eigenvalue weighted by molar-refractivity contribution is 5.99. The number of amides is 1. The molecule has 0 spiro atoms. The largest absolute Gasteiger partial charge is 0.497 e. The second kappa shape index (κ2) is 6.57. The Bertz CT molecular complexity index is 835. The van der Waals surface area contributed by atoms with E-state index >= 15 is 0 Å². The number of benzene rings is 1. The van der Waals surface area contributed by atoms with Crippen molar-refractivity contribution in [2.45, 2.75) is 6.54 Å². The molecule has 0 unspecified atom stereocenters. The van der Waals surface area contributed by atoms with Crippen LogP contribution in [0.4, 0.5) is 0 Å². The third-order valence-electron chi connectivity index (χ3n) is 3.77. The lowest BCUT2D eigenvalue weighted by molar-refractivity contribution is 0.0786. The van der Waals surface area contributed by atoms with Gasteiger partial charge >= 0.3 is 0 Å². The van der Waals surface area contributed by atoms with Crippen molar-refractivity contribution >= 4 is 5.91 Å². The Labute approximate surface area is 139 Å². The van der Waals surface area contributed by atoms with Crippen LogP contribution in [-0.2, 0) is 13.6 Å². The molecule has 1 N–H and O–H groups in total. The Morgan fingerprint density at radius 2 is 2.04 bits per heavy atom. The molecule has 1 amide bonds. The zero-order valence-corrected chi connectivity index (χ0v) is 13.9. The van der Waals surface area contributed by atoms with Crippen LogP contribution in [0, 0.1) is 0 Å². The molecule has 0 saturated carbocycles. The van der Waals surface area contributed by atoms with E-state index in [0.29, 0.717) is 17.8 Å². The molecule has 0 bridgehead atoms. The first kappa shape index (κ1) is 15.8. The van der Waals surface area contributed by atoms with Gasteiger partial charge in [0, 0.05) is 38.0 Å². The van der Waals surface area contributed by atoms with Gasteiger partial charge in [0.05, 0.1) is 30.8 Å². The molecule has 7 heteroatoms. The van der Waals surface area contributed by atoms with Gasteiger partial charge in [-0.05, 0) is 24.3 Å². The molecule has 3 aromatic rings. The van der Waals surface area contributed by atoms with E-state index in [4.69, 9.17) is 4.74 Å². The van der Waals surface area contributed by atoms with Crippen molar-refractivity contribution in [3.8, 4) is 17.0 Å². The average Bonchev–Trinajstić information content (AvgIpc) is 3.23. The lowest BCUT2D eigenvalue weighted by Crippen LogP contribution is -2.26. The summed E-state index contributed by atoms with van der Waals surface area (Å²) < 4.78 is 6.88. The number of rotatable bonds is 5. The minimum absolute atomic E-state index is 0.0987. The van der Waals surface area contributed by atoms with Gasteiger partial charge in [-0.1, -0.05) is 0 Å². The number of H-pyrrole nitrogens is 1. The topological polar surface area (TPSA) is 76.0 Å². The minimum Gasteiger partial charge on any atom is -0.497 e. The number of nitrogens with zero attached hydrogens (tertiary/aromatic N) is 4. The highest BCUT2D eigenvalue weighted by Crippen LogP contribution is 2.24. The molecule has 0 atom stereocenters. The second-order valence-corrected chi connectivity index (χ2v) is 5.57. The summed E-state index contributed by atoms with van der Waals surface area (Å²) in [6.45, 7) is 0.486. The summed E-state index contributed by atoms with van der Waals surface area (Å²) >= 11 is 0. The SMILES string of the molecule is COc1ccc(-c2[nH]ncc2C(=O)N(C)Cc2cnn(C)c2)cc1. The van der Waals surface area contributed by atoms with Crippen LogP contribution < -0.4 is 4.74 Å². The predicted octanol–water partition coefficient (Wildman–Crippen LogP) is 2.09. The molecule has 24 heavy (non-hydrogen) atoms. The van der Waals surface area contributed by atoms with Crippen LogP contribution in [0.3, 0.4) is 0 Å². The Morgan fingerprint density at radius 1 is 1.29 bits per heavy atom. The predicted molar refractivity (Wildman–Crippen MR) is 89.6 cm³/mol. The normalized spacial score (nSPS) is 10.6. The van der Waals surface area contributed by atoms with Gasteiger partial charge in [0.2, 0.25) is 0 Å². The van der Waals surface area contributed by atoms with Crippen molar-refractivity contribution in [2.24, 2.45) is 7.05 Å². The van der Waals surface area contributed by atoms with Gasteiger partial charge < -0.3 is 9.64 Å². The van der Waals surface area contributed by atoms with E-state index in [1.807, 2.05) is 37.5 Å². The molecular weight excluding hydrogens is 306 g/mol. The summed E-state index contributed by atoms with van der Waals surface area (Å²) in [6, 6.07) is 7.49. The van der Waals surface area contributed by atoms with Crippen LogP contribution >= 0.6 is 0 Å². The summed E-state index contributed by atoms with van der Waals surface area (Å²) in [4.78, 5) is 14.4. The van der Waals surface area contributed by atoms with Gasteiger partial charge in [0.25, 0.3) is 5.91 Å². The Hall–Kier alpha value is -3.09. The number of aromatic amines is 1. The number of aromatic nitrogens is 4. The second-order valence-electron chi connectivity index (χ2n) is 5.57. The molecule has 7 nitrogen and oxygen atoms in total. The maximum atomic E-state index is 12.7. The highest BCUT2D eigenvalue weighted by Gasteiger charge is 2.19. The maximum absolute atomic E-state index is 12.7. The fourth-order valence-electron chi connectivity index (χ4n) is 2.53. The Balaban J connectivity index is 1.81. The van der Waals surface area contributed by atoms with Gasteiger partial charge in [-0.15, -0.1) is 0 Å². The number of aryl methyl sites for hydroxylation is 1. The van der Waals surface area contributed by atoms with Gasteiger partial charge in [0.1, 0.15) is 5.75 Å². The molecule has 3 rings (SSSR count). The van der Waals surface area contributed by atoms with Crippen molar-refractivity contribution in [3.63, 3.8) is 0 Å². The van der Waals surface area contributed by atoms with Crippen LogP contribution in [0.5, 0.6) is 5.75 Å². The van der Waals surface area contributed by atoms with E-state index in [1.165, 1.54) is 0 Å². The van der Waals surface area contributed by atoms with Crippen molar-refractivity contribution in [2.75, 3.05) is 14.2 Å². The molecule has 0 saturated heterocycles. The first-order chi connectivity index (χ1) is 11.6. The summed E-state index contributed by atoms with van der Waals surface area (Å²) in [7, 11) is 5.23. The van der Waals surface area contributed by atoms with Crippen LogP contribution in [-0.4, -0.2) is 44.9 Å². The monoisotopic (exact) mass is 325 g/mol. The number of carbonyl (C=O) groups excluding carboxylic acids is 1. The van der Waals surface area contributed by atoms with E-state index in [0.717, 1.165) is 16.9 Å². The lowest BCUT2D eigenvalue weighted by Gasteiger charge is -2.16. The first-order valence-corrected chi connectivity index (χ1v) is 7.49. The Morgan fingerprint density at radius 3 is 2.67 bits per heavy atom. The number of carbonyl (C=O) groups is 1. The van der Waals surface area contributed by atoms with Crippen molar-refractivity contribution in [1.82, 2.24) is 24.9 Å². The zero-order chi connectivity index (χ0) is 17.1. The molecule has 0 aliphatic rings. The number of nitrogens with one attached hydrogen (secondary N) is 1. The average molecular weight is 325 g/mol. The van der Waals surface area contributed by atoms with Crippen LogP contribution in [0.25, 0.3) is 11.3 Å². The highest BCUT2D eigenvalue weighted by atomic mass is 16.5. The fraction of sp³-hybridized carbons (Fsp3) is 0.235. The number of hydrogen-bond acceptors (Lipinski definition) is 4. The van der Waals surface area contributed by atoms with E-state index in [9.17, 15) is 4.79 Å². The van der Waals surface area contributed by atoms with Crippen molar-refractivity contribution in [1.29, 1.82) is 0 Å². The molecule has 0 radical (unpaired) electrons. The summed E-state index contributed by atoms with van der Waals surface area (Å²) in [5, 5.41) is 11.1. The smallest absolute Gasteiger partial charge is 0.257 e. The first-order valence-electron chi connectivity index (χ1n) is 7.49. The van der Waals surface area contributed by atoms with Crippen LogP contribution in [0.2, 0.25) is 0 Å². The molecule has 0 fully saturated rings. The summed E-state index contributed by atoms with van der Waals surface area (Å²) in [5.74, 6) is 0.665. The molecule has 2 heterocycles. The molecular formula is C17H19N5O2. The van der Waals surface area contributed by atoms with Gasteiger partial charge in [-0.2, -0.15) is 10.2 Å². The van der Waals surface area contributed by atoms with Gasteiger partial charge in [-0.25, -0.2) is 0 Å². The zero-order valence-electron chi connectivity index (χ0n) is 13.9. The minimum atomic E-state index is -0.0987. The van der Waals surface area contributed by atoms with Gasteiger partial charge in [-0.3, -0.25) is 14.6 Å². The van der Waals surface area contributed by atoms with E-state index < -0.39 is 0 Å². The van der Waals surface area contributed by atoms with Crippen LogP contribution in [0.15, 0.2) is 42.9 Å². The number of hydrogen-bond donors (Lipinski definition) is 1. The van der Waals surface area contributed by atoms with Crippen LogP contribution in [0.1, 0.15) is 15.9 Å². The van der Waals surface area contributed by atoms with Crippen molar-refractivity contribution < 1.29 is 9.53 Å². The third-order valence-corrected chi connectivity index (χ3v) is 3.77. The molecule has 0 aliphatic carbocycles. The van der Waals surface area contributed by atoms with E-state index in [2.05, 4.69) is 15.3 Å².